The molecule has 1 aromatic carbocycles. The second-order valence-electron chi connectivity index (χ2n) is 9.64. The monoisotopic (exact) mass is 418 g/mol. The molecule has 0 radical (unpaired) electrons. The second-order valence-corrected chi connectivity index (χ2v) is 9.64. The Hall–Kier alpha value is -2.77. The van der Waals surface area contributed by atoms with Crippen molar-refractivity contribution in [3.05, 3.63) is 18.2 Å². The summed E-state index contributed by atoms with van der Waals surface area (Å²) in [4.78, 5) is 33.4. The number of imidazole rings is 1. The predicted molar refractivity (Wildman–Crippen MR) is 120 cm³/mol. The van der Waals surface area contributed by atoms with Gasteiger partial charge in [0.15, 0.2) is 0 Å². The van der Waals surface area contributed by atoms with E-state index in [1.807, 2.05) is 67.3 Å². The lowest BCUT2D eigenvalue weighted by molar-refractivity contribution is 0.0542. The highest BCUT2D eigenvalue weighted by Gasteiger charge is 2.27. The fraction of sp³-hybridized carbons (Fsp3) is 0.591. The minimum atomic E-state index is -0.641. The summed E-state index contributed by atoms with van der Waals surface area (Å²) in [6, 6.07) is 5.40. The Bertz CT molecular complexity index is 935. The topological polar surface area (TPSA) is 76.9 Å². The number of carbonyl (C=O) groups is 2. The third-order valence-corrected chi connectivity index (χ3v) is 4.34. The van der Waals surface area contributed by atoms with Gasteiger partial charge in [0.05, 0.1) is 11.0 Å². The van der Waals surface area contributed by atoms with Crippen LogP contribution < -0.4 is 9.80 Å². The van der Waals surface area contributed by atoms with Crippen molar-refractivity contribution in [2.75, 3.05) is 23.9 Å². The third-order valence-electron chi connectivity index (χ3n) is 4.34. The lowest BCUT2D eigenvalue weighted by Crippen LogP contribution is -2.34. The van der Waals surface area contributed by atoms with Gasteiger partial charge >= 0.3 is 12.2 Å². The summed E-state index contributed by atoms with van der Waals surface area (Å²) in [6.45, 7) is 15.0. The van der Waals surface area contributed by atoms with Gasteiger partial charge in [-0.2, -0.15) is 0 Å². The Morgan fingerprint density at radius 1 is 1.00 bits per heavy atom. The average molecular weight is 419 g/mol. The maximum atomic E-state index is 13.0. The van der Waals surface area contributed by atoms with Crippen LogP contribution in [0, 0.1) is 0 Å². The fourth-order valence-electron chi connectivity index (χ4n) is 2.66. The summed E-state index contributed by atoms with van der Waals surface area (Å²) in [7, 11) is 3.52. The molecule has 8 heteroatoms. The van der Waals surface area contributed by atoms with E-state index in [-0.39, 0.29) is 6.04 Å². The van der Waals surface area contributed by atoms with Crippen LogP contribution in [0.5, 0.6) is 0 Å². The first-order valence-corrected chi connectivity index (χ1v) is 10.1. The molecule has 0 aliphatic heterocycles. The molecule has 2 aromatic rings. The van der Waals surface area contributed by atoms with Crippen LogP contribution in [0.1, 0.15) is 55.4 Å². The standard InChI is InChI=1S/C22H34N4O4/c1-14(2)24(9)18-23-16-13-15(25(10)19(27)29-21(3,4)5)11-12-17(16)26(18)20(28)30-22(6,7)8/h11-14H,1-10H3. The number of ether oxygens (including phenoxy) is 2. The van der Waals surface area contributed by atoms with Crippen molar-refractivity contribution in [3.8, 4) is 0 Å². The molecule has 30 heavy (non-hydrogen) atoms. The molecular formula is C22H34N4O4. The number of aromatic nitrogens is 2. The van der Waals surface area contributed by atoms with Gasteiger partial charge < -0.3 is 14.4 Å². The van der Waals surface area contributed by atoms with Crippen molar-refractivity contribution in [3.63, 3.8) is 0 Å². The van der Waals surface area contributed by atoms with E-state index >= 15 is 0 Å². The summed E-state index contributed by atoms with van der Waals surface area (Å²) in [5, 5.41) is 0. The SMILES string of the molecule is CC(C)N(C)c1nc2cc(N(C)C(=O)OC(C)(C)C)ccc2n1C(=O)OC(C)(C)C. The molecule has 0 bridgehead atoms. The second kappa shape index (κ2) is 8.16. The quantitative estimate of drug-likeness (QED) is 0.695. The van der Waals surface area contributed by atoms with E-state index in [9.17, 15) is 9.59 Å². The van der Waals surface area contributed by atoms with Gasteiger partial charge in [-0.15, -0.1) is 0 Å². The van der Waals surface area contributed by atoms with Crippen LogP contribution in [0.25, 0.3) is 11.0 Å². The molecule has 0 saturated carbocycles. The molecule has 8 nitrogen and oxygen atoms in total. The highest BCUT2D eigenvalue weighted by Crippen LogP contribution is 2.28. The number of hydrogen-bond acceptors (Lipinski definition) is 6. The van der Waals surface area contributed by atoms with E-state index in [2.05, 4.69) is 4.98 Å². The first-order valence-electron chi connectivity index (χ1n) is 10.1. The van der Waals surface area contributed by atoms with E-state index in [0.717, 1.165) is 0 Å². The largest absolute Gasteiger partial charge is 0.443 e. The third kappa shape index (κ3) is 5.43. The molecule has 0 aliphatic rings. The van der Waals surface area contributed by atoms with Gasteiger partial charge in [0.2, 0.25) is 5.95 Å². The molecule has 1 aromatic heterocycles. The summed E-state index contributed by atoms with van der Waals surface area (Å²) in [6.07, 6.45) is -0.964. The molecule has 0 fully saturated rings. The zero-order chi connectivity index (χ0) is 23.0. The molecule has 0 spiro atoms. The molecule has 0 saturated heterocycles. The van der Waals surface area contributed by atoms with Crippen LogP contribution in [0.15, 0.2) is 18.2 Å². The van der Waals surface area contributed by atoms with Gasteiger partial charge in [-0.05, 0) is 73.6 Å². The van der Waals surface area contributed by atoms with E-state index < -0.39 is 23.4 Å². The maximum absolute atomic E-state index is 13.0. The minimum absolute atomic E-state index is 0.118. The molecular weight excluding hydrogens is 384 g/mol. The van der Waals surface area contributed by atoms with Crippen LogP contribution in [-0.2, 0) is 9.47 Å². The van der Waals surface area contributed by atoms with Crippen LogP contribution in [-0.4, -0.2) is 53.1 Å². The Kier molecular flexibility index (Phi) is 6.40. The Morgan fingerprint density at radius 2 is 1.57 bits per heavy atom. The average Bonchev–Trinajstić information content (AvgIpc) is 2.95. The van der Waals surface area contributed by atoms with E-state index in [0.29, 0.717) is 22.7 Å². The van der Waals surface area contributed by atoms with E-state index in [1.54, 1.807) is 25.2 Å². The summed E-state index contributed by atoms with van der Waals surface area (Å²) in [5.74, 6) is 0.478. The van der Waals surface area contributed by atoms with E-state index in [1.165, 1.54) is 9.47 Å². The van der Waals surface area contributed by atoms with Crippen molar-refractivity contribution in [1.29, 1.82) is 0 Å². The van der Waals surface area contributed by atoms with Gasteiger partial charge in [0.25, 0.3) is 0 Å². The first-order chi connectivity index (χ1) is 13.6. The number of amides is 1. The Balaban J connectivity index is 2.54. The number of hydrogen-bond donors (Lipinski definition) is 0. The number of benzene rings is 1. The number of fused-ring (bicyclic) bond motifs is 1. The molecule has 1 amide bonds. The van der Waals surface area contributed by atoms with E-state index in [4.69, 9.17) is 9.47 Å². The molecule has 0 unspecified atom stereocenters. The normalized spacial score (nSPS) is 12.2. The molecule has 1 heterocycles. The van der Waals surface area contributed by atoms with Crippen LogP contribution >= 0.6 is 0 Å². The lowest BCUT2D eigenvalue weighted by atomic mass is 10.2. The molecule has 0 aliphatic carbocycles. The zero-order valence-corrected chi connectivity index (χ0v) is 19.7. The molecule has 0 N–H and O–H groups in total. The van der Waals surface area contributed by atoms with Crippen molar-refractivity contribution >= 4 is 34.9 Å². The number of nitrogens with zero attached hydrogens (tertiary/aromatic N) is 4. The molecule has 2 rings (SSSR count). The van der Waals surface area contributed by atoms with Gasteiger partial charge in [-0.25, -0.2) is 19.1 Å². The van der Waals surface area contributed by atoms with Gasteiger partial charge in [-0.3, -0.25) is 4.90 Å². The summed E-state index contributed by atoms with van der Waals surface area (Å²) >= 11 is 0. The van der Waals surface area contributed by atoms with Crippen LogP contribution in [0.4, 0.5) is 21.2 Å². The highest BCUT2D eigenvalue weighted by molar-refractivity contribution is 5.95. The molecule has 166 valence electrons. The lowest BCUT2D eigenvalue weighted by Gasteiger charge is -2.25. The van der Waals surface area contributed by atoms with Gasteiger partial charge in [0, 0.05) is 25.8 Å². The highest BCUT2D eigenvalue weighted by atomic mass is 16.6. The number of carbonyl (C=O) groups excluding carboxylic acids is 2. The smallest absolute Gasteiger partial charge is 0.421 e. The first kappa shape index (κ1) is 23.5. The maximum Gasteiger partial charge on any atom is 0.421 e. The van der Waals surface area contributed by atoms with Gasteiger partial charge in [0.1, 0.15) is 11.2 Å². The van der Waals surface area contributed by atoms with Gasteiger partial charge in [-0.1, -0.05) is 0 Å². The number of rotatable bonds is 3. The minimum Gasteiger partial charge on any atom is -0.443 e. The summed E-state index contributed by atoms with van der Waals surface area (Å²) in [5.41, 5.74) is 0.563. The van der Waals surface area contributed by atoms with Crippen LogP contribution in [0.3, 0.4) is 0 Å². The Labute approximate surface area is 178 Å². The predicted octanol–water partition coefficient (Wildman–Crippen LogP) is 5.04. The summed E-state index contributed by atoms with van der Waals surface area (Å²) < 4.78 is 12.5. The van der Waals surface area contributed by atoms with Crippen molar-refractivity contribution in [1.82, 2.24) is 9.55 Å². The number of anilines is 2. The van der Waals surface area contributed by atoms with Crippen molar-refractivity contribution in [2.24, 2.45) is 0 Å². The fourth-order valence-corrected chi connectivity index (χ4v) is 2.66. The van der Waals surface area contributed by atoms with Crippen molar-refractivity contribution < 1.29 is 19.1 Å². The Morgan fingerprint density at radius 3 is 2.07 bits per heavy atom. The zero-order valence-electron chi connectivity index (χ0n) is 19.7. The van der Waals surface area contributed by atoms with Crippen LogP contribution in [0.2, 0.25) is 0 Å². The van der Waals surface area contributed by atoms with Crippen molar-refractivity contribution in [2.45, 2.75) is 72.6 Å². The molecule has 0 atom stereocenters.